The first-order valence-electron chi connectivity index (χ1n) is 14.9. The second-order valence-electron chi connectivity index (χ2n) is 12.3. The fraction of sp³-hybridized carbons (Fsp3) is 0.548. The van der Waals surface area contributed by atoms with Crippen LogP contribution in [0.5, 0.6) is 11.8 Å². The van der Waals surface area contributed by atoms with E-state index in [-0.39, 0.29) is 36.0 Å². The summed E-state index contributed by atoms with van der Waals surface area (Å²) in [7, 11) is 3.99. The van der Waals surface area contributed by atoms with Gasteiger partial charge in [-0.3, -0.25) is 4.79 Å². The smallest absolute Gasteiger partial charge is 0.463 e. The Hall–Kier alpha value is -4.12. The Morgan fingerprint density at radius 1 is 1.27 bits per heavy atom. The van der Waals surface area contributed by atoms with Crippen molar-refractivity contribution in [3.63, 3.8) is 0 Å². The lowest BCUT2D eigenvalue weighted by Gasteiger charge is -2.43. The number of piperazine rings is 1. The van der Waals surface area contributed by atoms with Gasteiger partial charge >= 0.3 is 12.4 Å². The molecule has 2 atom stereocenters. The number of benzene rings is 1. The molecule has 2 fully saturated rings. The molecular weight excluding hydrogens is 594 g/mol. The molecule has 1 unspecified atom stereocenters. The third kappa shape index (κ3) is 7.24. The summed E-state index contributed by atoms with van der Waals surface area (Å²) in [5, 5.41) is 9.49. The molecule has 2 aliphatic heterocycles. The van der Waals surface area contributed by atoms with Gasteiger partial charge in [-0.1, -0.05) is 12.6 Å². The SMILES string of the molecule is C=CC(=O)N1CCN(c2nc(OCC3(CN(C)C)CC3)nc3c2C[C@@H](C)N(c2c(F)cccc2OC(F)(F)F)C3)CC1CC#N. The van der Waals surface area contributed by atoms with E-state index in [0.717, 1.165) is 37.1 Å². The van der Waals surface area contributed by atoms with Gasteiger partial charge in [-0.05, 0) is 58.5 Å². The number of anilines is 2. The number of ether oxygens (including phenoxy) is 2. The first-order chi connectivity index (χ1) is 21.3. The Balaban J connectivity index is 1.52. The molecular formula is C31H37F4N7O3. The molecule has 242 valence electrons. The zero-order valence-electron chi connectivity index (χ0n) is 25.6. The predicted octanol–water partition coefficient (Wildman–Crippen LogP) is 4.30. The van der Waals surface area contributed by atoms with Crippen LogP contribution in [-0.2, 0) is 17.8 Å². The molecule has 0 spiro atoms. The number of amides is 1. The normalized spacial score (nSPS) is 20.8. The van der Waals surface area contributed by atoms with Crippen LogP contribution in [-0.4, -0.2) is 91.0 Å². The molecule has 0 N–H and O–H groups in total. The van der Waals surface area contributed by atoms with E-state index in [9.17, 15) is 23.2 Å². The molecule has 1 aromatic heterocycles. The maximum Gasteiger partial charge on any atom is 0.573 e. The summed E-state index contributed by atoms with van der Waals surface area (Å²) in [4.78, 5) is 29.3. The highest BCUT2D eigenvalue weighted by molar-refractivity contribution is 5.87. The van der Waals surface area contributed by atoms with Crippen LogP contribution in [0.2, 0.25) is 0 Å². The van der Waals surface area contributed by atoms with E-state index in [1.807, 2.05) is 19.0 Å². The summed E-state index contributed by atoms with van der Waals surface area (Å²) < 4.78 is 65.4. The molecule has 1 aliphatic carbocycles. The maximum absolute atomic E-state index is 15.2. The average molecular weight is 632 g/mol. The number of hydrogen-bond donors (Lipinski definition) is 0. The lowest BCUT2D eigenvalue weighted by atomic mass is 9.97. The molecule has 1 saturated carbocycles. The lowest BCUT2D eigenvalue weighted by molar-refractivity contribution is -0.274. The van der Waals surface area contributed by atoms with Crippen molar-refractivity contribution >= 4 is 17.4 Å². The van der Waals surface area contributed by atoms with Gasteiger partial charge < -0.3 is 29.1 Å². The molecule has 3 heterocycles. The van der Waals surface area contributed by atoms with Crippen molar-refractivity contribution in [2.45, 2.75) is 57.6 Å². The zero-order valence-corrected chi connectivity index (χ0v) is 25.6. The van der Waals surface area contributed by atoms with Crippen LogP contribution in [0.1, 0.15) is 37.4 Å². The van der Waals surface area contributed by atoms with Gasteiger partial charge in [0.1, 0.15) is 17.3 Å². The minimum Gasteiger partial charge on any atom is -0.463 e. The maximum atomic E-state index is 15.2. The number of nitriles is 1. The number of para-hydroxylation sites is 1. The topological polar surface area (TPSA) is 98.1 Å². The van der Waals surface area contributed by atoms with Crippen LogP contribution in [0.3, 0.4) is 0 Å². The van der Waals surface area contributed by atoms with Crippen molar-refractivity contribution in [1.82, 2.24) is 19.8 Å². The molecule has 1 saturated heterocycles. The second kappa shape index (κ2) is 12.7. The van der Waals surface area contributed by atoms with E-state index in [2.05, 4.69) is 22.3 Å². The summed E-state index contributed by atoms with van der Waals surface area (Å²) in [6, 6.07) is 4.78. The van der Waals surface area contributed by atoms with Gasteiger partial charge in [-0.15, -0.1) is 13.2 Å². The van der Waals surface area contributed by atoms with Crippen LogP contribution in [0.15, 0.2) is 30.9 Å². The van der Waals surface area contributed by atoms with Crippen LogP contribution >= 0.6 is 0 Å². The number of hydrogen-bond acceptors (Lipinski definition) is 9. The van der Waals surface area contributed by atoms with Crippen LogP contribution < -0.4 is 19.3 Å². The minimum absolute atomic E-state index is 0.0170. The van der Waals surface area contributed by atoms with Crippen molar-refractivity contribution in [1.29, 1.82) is 5.26 Å². The summed E-state index contributed by atoms with van der Waals surface area (Å²) in [5.74, 6) is -1.16. The van der Waals surface area contributed by atoms with E-state index in [0.29, 0.717) is 44.2 Å². The van der Waals surface area contributed by atoms with Gasteiger partial charge in [-0.2, -0.15) is 15.2 Å². The van der Waals surface area contributed by atoms with Gasteiger partial charge in [0.15, 0.2) is 5.75 Å². The summed E-state index contributed by atoms with van der Waals surface area (Å²) >= 11 is 0. The number of carbonyl (C=O) groups excluding carboxylic acids is 1. The average Bonchev–Trinajstić information content (AvgIpc) is 3.73. The summed E-state index contributed by atoms with van der Waals surface area (Å²) in [6.07, 6.45) is -1.37. The third-order valence-electron chi connectivity index (χ3n) is 8.55. The summed E-state index contributed by atoms with van der Waals surface area (Å²) in [6.45, 7) is 7.67. The van der Waals surface area contributed by atoms with E-state index in [1.54, 1.807) is 11.8 Å². The number of aromatic nitrogens is 2. The van der Waals surface area contributed by atoms with Crippen molar-refractivity contribution in [3.8, 4) is 17.8 Å². The van der Waals surface area contributed by atoms with Gasteiger partial charge in [0, 0.05) is 43.2 Å². The van der Waals surface area contributed by atoms with Crippen molar-refractivity contribution in [2.75, 3.05) is 56.7 Å². The van der Waals surface area contributed by atoms with E-state index >= 15 is 4.39 Å². The largest absolute Gasteiger partial charge is 0.573 e. The quantitative estimate of drug-likeness (QED) is 0.281. The number of rotatable bonds is 10. The Bertz CT molecular complexity index is 1470. The summed E-state index contributed by atoms with van der Waals surface area (Å²) in [5.41, 5.74) is 0.932. The first-order valence-corrected chi connectivity index (χ1v) is 14.9. The molecule has 1 aromatic carbocycles. The predicted molar refractivity (Wildman–Crippen MR) is 158 cm³/mol. The van der Waals surface area contributed by atoms with Gasteiger partial charge in [0.2, 0.25) is 5.91 Å². The van der Waals surface area contributed by atoms with Crippen LogP contribution in [0, 0.1) is 22.6 Å². The minimum atomic E-state index is -5.00. The Morgan fingerprint density at radius 3 is 2.67 bits per heavy atom. The molecule has 5 rings (SSSR count). The number of fused-ring (bicyclic) bond motifs is 1. The number of carbonyl (C=O) groups is 1. The highest BCUT2D eigenvalue weighted by Gasteiger charge is 2.44. The van der Waals surface area contributed by atoms with Gasteiger partial charge in [0.25, 0.3) is 0 Å². The third-order valence-corrected chi connectivity index (χ3v) is 8.55. The molecule has 0 bridgehead atoms. The molecule has 10 nitrogen and oxygen atoms in total. The highest BCUT2D eigenvalue weighted by Crippen LogP contribution is 2.46. The molecule has 45 heavy (non-hydrogen) atoms. The Kier molecular flexibility index (Phi) is 9.11. The van der Waals surface area contributed by atoms with E-state index in [1.165, 1.54) is 17.0 Å². The second-order valence-corrected chi connectivity index (χ2v) is 12.3. The Labute approximate surface area is 259 Å². The fourth-order valence-corrected chi connectivity index (χ4v) is 6.31. The monoisotopic (exact) mass is 631 g/mol. The van der Waals surface area contributed by atoms with Crippen molar-refractivity contribution in [3.05, 3.63) is 47.9 Å². The van der Waals surface area contributed by atoms with Crippen LogP contribution in [0.25, 0.3) is 0 Å². The highest BCUT2D eigenvalue weighted by atomic mass is 19.4. The standard InChI is InChI=1S/C31H37F4N7O3/c1-5-26(43)41-14-13-40(16-21(41)9-12-36)28-22-15-20(2)42(27-23(32)7-6-8-25(27)45-31(33,34)35)17-24(22)37-29(38-28)44-19-30(10-11-30)18-39(3)4/h5-8,20-21H,1,9-11,13-19H2,2-4H3/t20-,21?/m1/s1. The molecule has 0 radical (unpaired) electrons. The lowest BCUT2D eigenvalue weighted by Crippen LogP contribution is -2.55. The Morgan fingerprint density at radius 2 is 2.02 bits per heavy atom. The van der Waals surface area contributed by atoms with Crippen molar-refractivity contribution < 1.29 is 31.8 Å². The molecule has 2 aromatic rings. The van der Waals surface area contributed by atoms with Gasteiger partial charge in [0.05, 0.1) is 37.4 Å². The molecule has 3 aliphatic rings. The van der Waals surface area contributed by atoms with Crippen LogP contribution in [0.4, 0.5) is 29.1 Å². The van der Waals surface area contributed by atoms with E-state index in [4.69, 9.17) is 14.7 Å². The van der Waals surface area contributed by atoms with Gasteiger partial charge in [-0.25, -0.2) is 4.39 Å². The van der Waals surface area contributed by atoms with E-state index < -0.39 is 30.0 Å². The first kappa shape index (κ1) is 32.3. The number of halogens is 4. The zero-order chi connectivity index (χ0) is 32.5. The molecule has 1 amide bonds. The fourth-order valence-electron chi connectivity index (χ4n) is 6.31. The number of nitrogens with zero attached hydrogens (tertiary/aromatic N) is 7. The molecule has 14 heteroatoms. The van der Waals surface area contributed by atoms with Crippen molar-refractivity contribution in [2.24, 2.45) is 5.41 Å². The number of alkyl halides is 3.